The molecule has 94 valence electrons. The van der Waals surface area contributed by atoms with Gasteiger partial charge in [-0.15, -0.1) is 0 Å². The smallest absolute Gasteiger partial charge is 0.223 e. The maximum absolute atomic E-state index is 12.0. The summed E-state index contributed by atoms with van der Waals surface area (Å²) in [7, 11) is 0. The minimum absolute atomic E-state index is 0.0705. The molecule has 4 heteroatoms. The zero-order valence-corrected chi connectivity index (χ0v) is 10.8. The summed E-state index contributed by atoms with van der Waals surface area (Å²) in [6.45, 7) is 11.6. The predicted octanol–water partition coefficient (Wildman–Crippen LogP) is 0.526. The highest BCUT2D eigenvalue weighted by molar-refractivity contribution is 5.77. The summed E-state index contributed by atoms with van der Waals surface area (Å²) in [6.07, 6.45) is 0.565. The second-order valence-electron chi connectivity index (χ2n) is 5.36. The van der Waals surface area contributed by atoms with E-state index in [2.05, 4.69) is 11.8 Å². The summed E-state index contributed by atoms with van der Waals surface area (Å²) < 4.78 is 0. The molecule has 0 aromatic carbocycles. The van der Waals surface area contributed by atoms with Crippen LogP contribution >= 0.6 is 0 Å². The van der Waals surface area contributed by atoms with E-state index < -0.39 is 0 Å². The van der Waals surface area contributed by atoms with Crippen LogP contribution in [0.25, 0.3) is 0 Å². The van der Waals surface area contributed by atoms with Gasteiger partial charge in [-0.3, -0.25) is 4.79 Å². The lowest BCUT2D eigenvalue weighted by atomic mass is 9.89. The van der Waals surface area contributed by atoms with Crippen LogP contribution in [-0.4, -0.2) is 55.0 Å². The molecular formula is C12H25N3O. The minimum Gasteiger partial charge on any atom is -0.340 e. The van der Waals surface area contributed by atoms with Crippen LogP contribution in [0.1, 0.15) is 27.2 Å². The van der Waals surface area contributed by atoms with E-state index in [0.717, 1.165) is 32.7 Å². The van der Waals surface area contributed by atoms with Gasteiger partial charge in [0.15, 0.2) is 0 Å². The number of hydrogen-bond acceptors (Lipinski definition) is 3. The molecule has 0 radical (unpaired) electrons. The summed E-state index contributed by atoms with van der Waals surface area (Å²) >= 11 is 0. The molecule has 1 heterocycles. The van der Waals surface area contributed by atoms with Crippen molar-refractivity contribution < 1.29 is 4.79 Å². The van der Waals surface area contributed by atoms with E-state index in [9.17, 15) is 4.79 Å². The van der Waals surface area contributed by atoms with Crippen LogP contribution in [0.5, 0.6) is 0 Å². The summed E-state index contributed by atoms with van der Waals surface area (Å²) in [5.74, 6) is 0.256. The van der Waals surface area contributed by atoms with Crippen molar-refractivity contribution >= 4 is 5.91 Å². The molecule has 0 aliphatic carbocycles. The third-order valence-corrected chi connectivity index (χ3v) is 3.35. The van der Waals surface area contributed by atoms with Crippen molar-refractivity contribution in [3.63, 3.8) is 0 Å². The van der Waals surface area contributed by atoms with Gasteiger partial charge in [0.2, 0.25) is 5.91 Å². The van der Waals surface area contributed by atoms with Crippen LogP contribution in [0.2, 0.25) is 0 Å². The number of carbonyl (C=O) groups excluding carboxylic acids is 1. The Kier molecular flexibility index (Phi) is 4.74. The first kappa shape index (κ1) is 13.5. The van der Waals surface area contributed by atoms with Crippen LogP contribution in [0.3, 0.4) is 0 Å². The van der Waals surface area contributed by atoms with Crippen molar-refractivity contribution in [2.75, 3.05) is 39.3 Å². The summed E-state index contributed by atoms with van der Waals surface area (Å²) in [6, 6.07) is 0. The fraction of sp³-hybridized carbons (Fsp3) is 0.917. The Morgan fingerprint density at radius 2 is 1.81 bits per heavy atom. The highest BCUT2D eigenvalue weighted by Crippen LogP contribution is 2.20. The van der Waals surface area contributed by atoms with Crippen LogP contribution in [0.15, 0.2) is 0 Å². The fourth-order valence-electron chi connectivity index (χ4n) is 1.91. The third kappa shape index (κ3) is 3.76. The van der Waals surface area contributed by atoms with Gasteiger partial charge in [0.25, 0.3) is 0 Å². The first-order chi connectivity index (χ1) is 7.48. The lowest BCUT2D eigenvalue weighted by Gasteiger charge is -2.35. The summed E-state index contributed by atoms with van der Waals surface area (Å²) in [4.78, 5) is 16.4. The Hall–Kier alpha value is -0.610. The number of hydrogen-bond donors (Lipinski definition) is 1. The second-order valence-corrected chi connectivity index (χ2v) is 5.36. The molecule has 16 heavy (non-hydrogen) atoms. The van der Waals surface area contributed by atoms with E-state index >= 15 is 0 Å². The zero-order chi connectivity index (χ0) is 12.2. The number of nitrogens with two attached hydrogens (primary N) is 1. The summed E-state index contributed by atoms with van der Waals surface area (Å²) in [5.41, 5.74) is 5.58. The summed E-state index contributed by atoms with van der Waals surface area (Å²) in [5, 5.41) is 0. The van der Waals surface area contributed by atoms with E-state index in [1.807, 2.05) is 18.7 Å². The molecule has 0 unspecified atom stereocenters. The van der Waals surface area contributed by atoms with Gasteiger partial charge in [0.05, 0.1) is 0 Å². The molecular weight excluding hydrogens is 202 g/mol. The van der Waals surface area contributed by atoms with Gasteiger partial charge in [-0.1, -0.05) is 20.8 Å². The fourth-order valence-corrected chi connectivity index (χ4v) is 1.91. The van der Waals surface area contributed by atoms with Crippen LogP contribution < -0.4 is 5.73 Å². The van der Waals surface area contributed by atoms with E-state index in [-0.39, 0.29) is 11.3 Å². The molecule has 2 N–H and O–H groups in total. The van der Waals surface area contributed by atoms with Crippen molar-refractivity contribution in [2.45, 2.75) is 27.2 Å². The standard InChI is InChI=1S/C12H25N3O/c1-4-14-5-7-15(8-6-14)11(16)9-12(2,3)10-13/h4-10,13H2,1-3H3. The topological polar surface area (TPSA) is 49.6 Å². The average Bonchev–Trinajstić information content (AvgIpc) is 2.28. The highest BCUT2D eigenvalue weighted by Gasteiger charge is 2.26. The molecule has 1 rings (SSSR count). The van der Waals surface area contributed by atoms with Gasteiger partial charge >= 0.3 is 0 Å². The van der Waals surface area contributed by atoms with Gasteiger partial charge in [-0.25, -0.2) is 0 Å². The molecule has 0 aromatic rings. The number of likely N-dealkylation sites (N-methyl/N-ethyl adjacent to an activating group) is 1. The highest BCUT2D eigenvalue weighted by atomic mass is 16.2. The number of carbonyl (C=O) groups is 1. The van der Waals surface area contributed by atoms with Gasteiger partial charge in [0.1, 0.15) is 0 Å². The normalized spacial score (nSPS) is 18.9. The van der Waals surface area contributed by atoms with Crippen LogP contribution in [0, 0.1) is 5.41 Å². The minimum atomic E-state index is -0.0705. The first-order valence-electron chi connectivity index (χ1n) is 6.18. The molecule has 0 spiro atoms. The Balaban J connectivity index is 2.39. The van der Waals surface area contributed by atoms with Gasteiger partial charge in [-0.2, -0.15) is 0 Å². The SMILES string of the molecule is CCN1CCN(C(=O)CC(C)(C)CN)CC1. The zero-order valence-electron chi connectivity index (χ0n) is 10.8. The third-order valence-electron chi connectivity index (χ3n) is 3.35. The van der Waals surface area contributed by atoms with Crippen molar-refractivity contribution in [1.29, 1.82) is 0 Å². The Bertz CT molecular complexity index is 232. The van der Waals surface area contributed by atoms with E-state index in [0.29, 0.717) is 13.0 Å². The largest absolute Gasteiger partial charge is 0.340 e. The predicted molar refractivity (Wildman–Crippen MR) is 66.1 cm³/mol. The molecule has 4 nitrogen and oxygen atoms in total. The molecule has 0 saturated carbocycles. The number of nitrogens with zero attached hydrogens (tertiary/aromatic N) is 2. The lowest BCUT2D eigenvalue weighted by molar-refractivity contribution is -0.134. The van der Waals surface area contributed by atoms with Crippen LogP contribution in [-0.2, 0) is 4.79 Å². The Morgan fingerprint density at radius 1 is 1.25 bits per heavy atom. The molecule has 0 aromatic heterocycles. The maximum Gasteiger partial charge on any atom is 0.223 e. The molecule has 1 saturated heterocycles. The van der Waals surface area contributed by atoms with Gasteiger partial charge in [0, 0.05) is 32.6 Å². The molecule has 0 bridgehead atoms. The van der Waals surface area contributed by atoms with E-state index in [4.69, 9.17) is 5.73 Å². The van der Waals surface area contributed by atoms with Gasteiger partial charge in [-0.05, 0) is 18.5 Å². The van der Waals surface area contributed by atoms with Gasteiger partial charge < -0.3 is 15.5 Å². The van der Waals surface area contributed by atoms with Crippen molar-refractivity contribution in [3.05, 3.63) is 0 Å². The molecule has 1 fully saturated rings. The Morgan fingerprint density at radius 3 is 2.25 bits per heavy atom. The van der Waals surface area contributed by atoms with E-state index in [1.165, 1.54) is 0 Å². The van der Waals surface area contributed by atoms with Crippen molar-refractivity contribution in [2.24, 2.45) is 11.1 Å². The lowest BCUT2D eigenvalue weighted by Crippen LogP contribution is -2.49. The first-order valence-corrected chi connectivity index (χ1v) is 6.18. The maximum atomic E-state index is 12.0. The number of amides is 1. The van der Waals surface area contributed by atoms with E-state index in [1.54, 1.807) is 0 Å². The monoisotopic (exact) mass is 227 g/mol. The molecule has 1 amide bonds. The number of piperazine rings is 1. The van der Waals surface area contributed by atoms with Crippen LogP contribution in [0.4, 0.5) is 0 Å². The number of rotatable bonds is 4. The molecule has 0 atom stereocenters. The molecule has 1 aliphatic rings. The Labute approximate surface area is 98.8 Å². The van der Waals surface area contributed by atoms with Crippen molar-refractivity contribution in [1.82, 2.24) is 9.80 Å². The van der Waals surface area contributed by atoms with Crippen molar-refractivity contribution in [3.8, 4) is 0 Å². The average molecular weight is 227 g/mol. The quantitative estimate of drug-likeness (QED) is 0.762. The second kappa shape index (κ2) is 5.64. The molecule has 1 aliphatic heterocycles.